The Morgan fingerprint density at radius 2 is 1.69 bits per heavy atom. The third kappa shape index (κ3) is 1.25. The van der Waals surface area contributed by atoms with Crippen LogP contribution in [0.15, 0.2) is 30.5 Å². The predicted octanol–water partition coefficient (Wildman–Crippen LogP) is 2.79. The fraction of sp³-hybridized carbons (Fsp3) is 0.154. The highest BCUT2D eigenvalue weighted by atomic mass is 14.8. The molecule has 0 aliphatic rings. The second kappa shape index (κ2) is 3.23. The van der Waals surface area contributed by atoms with E-state index < -0.39 is 0 Å². The normalized spacial score (nSPS) is 11.1. The molecule has 0 radical (unpaired) electrons. The van der Waals surface area contributed by atoms with Gasteiger partial charge in [0.05, 0.1) is 22.4 Å². The number of fused-ring (bicyclic) bond motifs is 3. The summed E-state index contributed by atoms with van der Waals surface area (Å²) in [7, 11) is 0. The molecule has 0 aliphatic heterocycles. The molecular formula is C13H11N3. The van der Waals surface area contributed by atoms with Crippen LogP contribution in [0.3, 0.4) is 0 Å². The van der Waals surface area contributed by atoms with Gasteiger partial charge in [0, 0.05) is 11.6 Å². The molecule has 0 fully saturated rings. The Hall–Kier alpha value is -2.03. The third-order valence-corrected chi connectivity index (χ3v) is 2.82. The molecule has 0 atom stereocenters. The van der Waals surface area contributed by atoms with Gasteiger partial charge in [-0.05, 0) is 26.0 Å². The summed E-state index contributed by atoms with van der Waals surface area (Å²) >= 11 is 0. The van der Waals surface area contributed by atoms with Crippen molar-refractivity contribution < 1.29 is 0 Å². The van der Waals surface area contributed by atoms with Crippen molar-refractivity contribution in [1.29, 1.82) is 0 Å². The summed E-state index contributed by atoms with van der Waals surface area (Å²) in [5, 5.41) is 1.10. The highest BCUT2D eigenvalue weighted by Gasteiger charge is 2.05. The molecule has 0 amide bonds. The minimum Gasteiger partial charge on any atom is -0.254 e. The van der Waals surface area contributed by atoms with E-state index >= 15 is 0 Å². The van der Waals surface area contributed by atoms with Crippen LogP contribution in [0.1, 0.15) is 11.4 Å². The van der Waals surface area contributed by atoms with Gasteiger partial charge in [0.15, 0.2) is 0 Å². The van der Waals surface area contributed by atoms with Gasteiger partial charge in [-0.3, -0.25) is 4.98 Å². The van der Waals surface area contributed by atoms with Crippen LogP contribution in [0.25, 0.3) is 21.9 Å². The van der Waals surface area contributed by atoms with E-state index in [1.165, 1.54) is 0 Å². The first-order valence-corrected chi connectivity index (χ1v) is 5.24. The van der Waals surface area contributed by atoms with E-state index in [-0.39, 0.29) is 0 Å². The number of pyridine rings is 1. The number of aromatic nitrogens is 3. The summed E-state index contributed by atoms with van der Waals surface area (Å²) < 4.78 is 0. The number of aryl methyl sites for hydroxylation is 2. The first-order valence-electron chi connectivity index (χ1n) is 5.24. The lowest BCUT2D eigenvalue weighted by molar-refractivity contribution is 1.10. The Bertz CT molecular complexity index is 689. The molecule has 2 aromatic heterocycles. The minimum absolute atomic E-state index is 0.890. The van der Waals surface area contributed by atoms with Crippen LogP contribution in [0.2, 0.25) is 0 Å². The maximum atomic E-state index is 4.58. The Labute approximate surface area is 93.2 Å². The van der Waals surface area contributed by atoms with Gasteiger partial charge < -0.3 is 0 Å². The summed E-state index contributed by atoms with van der Waals surface area (Å²) in [4.78, 5) is 13.5. The number of rotatable bonds is 0. The van der Waals surface area contributed by atoms with Gasteiger partial charge in [-0.1, -0.05) is 12.1 Å². The third-order valence-electron chi connectivity index (χ3n) is 2.82. The Kier molecular flexibility index (Phi) is 1.86. The lowest BCUT2D eigenvalue weighted by Crippen LogP contribution is -1.94. The molecule has 0 bridgehead atoms. The summed E-state index contributed by atoms with van der Waals surface area (Å²) in [5.41, 5.74) is 4.67. The van der Waals surface area contributed by atoms with E-state index in [1.807, 2.05) is 38.1 Å². The van der Waals surface area contributed by atoms with E-state index in [0.717, 1.165) is 33.3 Å². The molecule has 0 aliphatic carbocycles. The zero-order valence-corrected chi connectivity index (χ0v) is 9.23. The topological polar surface area (TPSA) is 38.7 Å². The van der Waals surface area contributed by atoms with Crippen LogP contribution in [-0.4, -0.2) is 15.0 Å². The number of hydrogen-bond donors (Lipinski definition) is 0. The first-order chi connectivity index (χ1) is 7.75. The average molecular weight is 209 g/mol. The van der Waals surface area contributed by atoms with Crippen LogP contribution in [0.4, 0.5) is 0 Å². The zero-order chi connectivity index (χ0) is 11.1. The second-order valence-corrected chi connectivity index (χ2v) is 3.90. The van der Waals surface area contributed by atoms with Crippen molar-refractivity contribution in [2.75, 3.05) is 0 Å². The smallest absolute Gasteiger partial charge is 0.115 e. The van der Waals surface area contributed by atoms with Gasteiger partial charge in [-0.2, -0.15) is 0 Å². The van der Waals surface area contributed by atoms with Gasteiger partial charge >= 0.3 is 0 Å². The standard InChI is InChI=1S/C13H11N3/c1-8-9(2)16-13-11(15-8)6-5-10-4-3-7-14-12(10)13/h3-7H,1-2H3. The van der Waals surface area contributed by atoms with Crippen molar-refractivity contribution in [1.82, 2.24) is 15.0 Å². The van der Waals surface area contributed by atoms with E-state index in [9.17, 15) is 0 Å². The van der Waals surface area contributed by atoms with Gasteiger partial charge in [0.2, 0.25) is 0 Å². The van der Waals surface area contributed by atoms with Crippen molar-refractivity contribution >= 4 is 21.9 Å². The van der Waals surface area contributed by atoms with E-state index in [1.54, 1.807) is 6.20 Å². The van der Waals surface area contributed by atoms with Gasteiger partial charge in [0.1, 0.15) is 5.52 Å². The molecule has 78 valence electrons. The molecule has 0 saturated heterocycles. The van der Waals surface area contributed by atoms with Crippen molar-refractivity contribution in [2.24, 2.45) is 0 Å². The average Bonchev–Trinajstić information content (AvgIpc) is 2.31. The van der Waals surface area contributed by atoms with Crippen molar-refractivity contribution in [3.63, 3.8) is 0 Å². The Morgan fingerprint density at radius 3 is 2.56 bits per heavy atom. The molecule has 16 heavy (non-hydrogen) atoms. The van der Waals surface area contributed by atoms with Gasteiger partial charge in [0.25, 0.3) is 0 Å². The second-order valence-electron chi connectivity index (χ2n) is 3.90. The maximum Gasteiger partial charge on any atom is 0.115 e. The summed E-state index contributed by atoms with van der Waals surface area (Å²) in [6.45, 7) is 3.95. The highest BCUT2D eigenvalue weighted by Crippen LogP contribution is 2.21. The van der Waals surface area contributed by atoms with Gasteiger partial charge in [-0.15, -0.1) is 0 Å². The van der Waals surface area contributed by atoms with Crippen molar-refractivity contribution in [3.05, 3.63) is 41.9 Å². The molecule has 3 heteroatoms. The largest absolute Gasteiger partial charge is 0.254 e. The minimum atomic E-state index is 0.890. The summed E-state index contributed by atoms with van der Waals surface area (Å²) in [6, 6.07) is 8.01. The monoisotopic (exact) mass is 209 g/mol. The fourth-order valence-electron chi connectivity index (χ4n) is 1.83. The van der Waals surface area contributed by atoms with Crippen LogP contribution in [0, 0.1) is 13.8 Å². The molecular weight excluding hydrogens is 198 g/mol. The molecule has 0 spiro atoms. The Balaban J connectivity index is 2.55. The summed E-state index contributed by atoms with van der Waals surface area (Å²) in [6.07, 6.45) is 1.79. The molecule has 0 N–H and O–H groups in total. The zero-order valence-electron chi connectivity index (χ0n) is 9.23. The maximum absolute atomic E-state index is 4.58. The molecule has 3 nitrogen and oxygen atoms in total. The van der Waals surface area contributed by atoms with Crippen molar-refractivity contribution in [3.8, 4) is 0 Å². The molecule has 0 unspecified atom stereocenters. The highest BCUT2D eigenvalue weighted by molar-refractivity contribution is 6.01. The summed E-state index contributed by atoms with van der Waals surface area (Å²) in [5.74, 6) is 0. The van der Waals surface area contributed by atoms with Crippen LogP contribution in [0.5, 0.6) is 0 Å². The van der Waals surface area contributed by atoms with Crippen LogP contribution < -0.4 is 0 Å². The first kappa shape index (κ1) is 9.21. The van der Waals surface area contributed by atoms with Gasteiger partial charge in [-0.25, -0.2) is 9.97 Å². The van der Waals surface area contributed by atoms with E-state index in [0.29, 0.717) is 0 Å². The van der Waals surface area contributed by atoms with E-state index in [2.05, 4.69) is 15.0 Å². The quantitative estimate of drug-likeness (QED) is 0.534. The SMILES string of the molecule is Cc1nc2ccc3cccnc3c2nc1C. The molecule has 3 aromatic rings. The molecule has 0 saturated carbocycles. The number of nitrogens with zero attached hydrogens (tertiary/aromatic N) is 3. The number of hydrogen-bond acceptors (Lipinski definition) is 3. The fourth-order valence-corrected chi connectivity index (χ4v) is 1.83. The van der Waals surface area contributed by atoms with E-state index in [4.69, 9.17) is 0 Å². The van der Waals surface area contributed by atoms with Crippen LogP contribution >= 0.6 is 0 Å². The van der Waals surface area contributed by atoms with Crippen LogP contribution in [-0.2, 0) is 0 Å². The number of benzene rings is 1. The molecule has 1 aromatic carbocycles. The predicted molar refractivity (Wildman–Crippen MR) is 64.3 cm³/mol. The lowest BCUT2D eigenvalue weighted by Gasteiger charge is -2.04. The lowest BCUT2D eigenvalue weighted by atomic mass is 10.2. The van der Waals surface area contributed by atoms with Crippen molar-refractivity contribution in [2.45, 2.75) is 13.8 Å². The molecule has 3 rings (SSSR count). The Morgan fingerprint density at radius 1 is 0.875 bits per heavy atom. The molecule has 2 heterocycles.